The molecule has 4 unspecified atom stereocenters. The Kier molecular flexibility index (Phi) is 3.76. The molecule has 0 aromatic rings. The Hall–Kier alpha value is -0.570. The van der Waals surface area contributed by atoms with Crippen molar-refractivity contribution in [1.82, 2.24) is 0 Å². The fourth-order valence-corrected chi connectivity index (χ4v) is 4.20. The summed E-state index contributed by atoms with van der Waals surface area (Å²) in [5.74, 6) is 1.14. The van der Waals surface area contributed by atoms with Crippen LogP contribution in [0.2, 0.25) is 0 Å². The molecule has 98 valence electrons. The van der Waals surface area contributed by atoms with Gasteiger partial charge in [-0.3, -0.25) is 4.79 Å². The van der Waals surface area contributed by atoms with Crippen LogP contribution in [0.4, 0.5) is 0 Å². The summed E-state index contributed by atoms with van der Waals surface area (Å²) < 4.78 is 5.72. The highest BCUT2D eigenvalue weighted by Gasteiger charge is 2.52. The van der Waals surface area contributed by atoms with Crippen LogP contribution in [0.5, 0.6) is 0 Å². The van der Waals surface area contributed by atoms with Crippen LogP contribution in [0.3, 0.4) is 0 Å². The van der Waals surface area contributed by atoms with Gasteiger partial charge in [0, 0.05) is 19.4 Å². The van der Waals surface area contributed by atoms with Crippen LogP contribution >= 0.6 is 0 Å². The lowest BCUT2D eigenvalue weighted by molar-refractivity contribution is -0.192. The van der Waals surface area contributed by atoms with E-state index in [0.29, 0.717) is 5.92 Å². The summed E-state index contributed by atoms with van der Waals surface area (Å²) in [5, 5.41) is 9.63. The zero-order chi connectivity index (χ0) is 12.5. The van der Waals surface area contributed by atoms with Gasteiger partial charge in [0.2, 0.25) is 0 Å². The van der Waals surface area contributed by atoms with Crippen molar-refractivity contribution in [2.75, 3.05) is 6.61 Å². The normalized spacial score (nSPS) is 41.0. The molecule has 0 aromatic carbocycles. The minimum atomic E-state index is -0.391. The van der Waals surface area contributed by atoms with Gasteiger partial charge in [0.15, 0.2) is 0 Å². The molecule has 0 aliphatic heterocycles. The fourth-order valence-electron chi connectivity index (χ4n) is 4.20. The third-order valence-electron chi connectivity index (χ3n) is 4.89. The lowest BCUT2D eigenvalue weighted by Crippen LogP contribution is -2.55. The number of aliphatic hydroxyl groups excluding tert-OH is 1. The number of carbonyl (C=O) groups is 1. The molecule has 2 aliphatic rings. The summed E-state index contributed by atoms with van der Waals surface area (Å²) in [6.45, 7) is 3.72. The molecule has 3 heteroatoms. The van der Waals surface area contributed by atoms with Crippen LogP contribution in [0.1, 0.15) is 52.4 Å². The molecule has 2 rings (SSSR count). The molecule has 0 aromatic heterocycles. The number of rotatable bonds is 3. The number of ether oxygens (including phenoxy) is 1. The van der Waals surface area contributed by atoms with Crippen molar-refractivity contribution in [2.45, 2.75) is 58.0 Å². The van der Waals surface area contributed by atoms with Crippen molar-refractivity contribution in [1.29, 1.82) is 0 Å². The summed E-state index contributed by atoms with van der Waals surface area (Å²) in [6.07, 6.45) is 6.71. The number of carbonyl (C=O) groups excluding carboxylic acids is 1. The highest BCUT2D eigenvalue weighted by molar-refractivity contribution is 5.66. The summed E-state index contributed by atoms with van der Waals surface area (Å²) in [4.78, 5) is 11.4. The minimum absolute atomic E-state index is 0.139. The second-order valence-corrected chi connectivity index (χ2v) is 5.75. The molecule has 3 nitrogen and oxygen atoms in total. The molecule has 1 N–H and O–H groups in total. The largest absolute Gasteiger partial charge is 0.459 e. The van der Waals surface area contributed by atoms with Crippen LogP contribution in [-0.2, 0) is 9.53 Å². The standard InChI is InChI=1S/C14H24O3/c1-3-14(17-10(2)16)12-6-4-5-11(7-12)8-13(14)9-15/h11-13,15H,3-9H2,1-2H3. The highest BCUT2D eigenvalue weighted by atomic mass is 16.6. The van der Waals surface area contributed by atoms with Crippen molar-refractivity contribution < 1.29 is 14.6 Å². The lowest BCUT2D eigenvalue weighted by atomic mass is 9.58. The van der Waals surface area contributed by atoms with Gasteiger partial charge in [0.05, 0.1) is 0 Å². The van der Waals surface area contributed by atoms with E-state index in [-0.39, 0.29) is 18.5 Å². The van der Waals surface area contributed by atoms with E-state index in [4.69, 9.17) is 4.74 Å². The Labute approximate surface area is 104 Å². The molecule has 0 heterocycles. The van der Waals surface area contributed by atoms with E-state index < -0.39 is 5.60 Å². The second kappa shape index (κ2) is 4.97. The van der Waals surface area contributed by atoms with Crippen molar-refractivity contribution in [3.63, 3.8) is 0 Å². The Morgan fingerprint density at radius 2 is 2.18 bits per heavy atom. The van der Waals surface area contributed by atoms with Gasteiger partial charge in [-0.1, -0.05) is 19.8 Å². The van der Waals surface area contributed by atoms with Crippen molar-refractivity contribution in [3.8, 4) is 0 Å². The van der Waals surface area contributed by atoms with E-state index in [2.05, 4.69) is 6.92 Å². The van der Waals surface area contributed by atoms with E-state index in [9.17, 15) is 9.90 Å². The van der Waals surface area contributed by atoms with E-state index in [1.807, 2.05) is 0 Å². The van der Waals surface area contributed by atoms with E-state index in [1.54, 1.807) is 0 Å². The van der Waals surface area contributed by atoms with Crippen LogP contribution in [-0.4, -0.2) is 23.3 Å². The maximum Gasteiger partial charge on any atom is 0.303 e. The zero-order valence-corrected chi connectivity index (χ0v) is 10.9. The van der Waals surface area contributed by atoms with Crippen molar-refractivity contribution in [3.05, 3.63) is 0 Å². The van der Waals surface area contributed by atoms with Crippen LogP contribution in [0, 0.1) is 17.8 Å². The molecular formula is C14H24O3. The maximum atomic E-state index is 11.4. The Morgan fingerprint density at radius 3 is 2.76 bits per heavy atom. The average molecular weight is 240 g/mol. The number of fused-ring (bicyclic) bond motifs is 2. The third-order valence-corrected chi connectivity index (χ3v) is 4.89. The van der Waals surface area contributed by atoms with Gasteiger partial charge in [-0.05, 0) is 37.5 Å². The van der Waals surface area contributed by atoms with Gasteiger partial charge >= 0.3 is 5.97 Å². The molecule has 0 radical (unpaired) electrons. The summed E-state index contributed by atoms with van der Waals surface area (Å²) in [5.41, 5.74) is -0.391. The van der Waals surface area contributed by atoms with Gasteiger partial charge in [-0.15, -0.1) is 0 Å². The van der Waals surface area contributed by atoms with Gasteiger partial charge < -0.3 is 9.84 Å². The van der Waals surface area contributed by atoms with Gasteiger partial charge in [0.25, 0.3) is 0 Å². The van der Waals surface area contributed by atoms with Gasteiger partial charge in [-0.25, -0.2) is 0 Å². The minimum Gasteiger partial charge on any atom is -0.459 e. The summed E-state index contributed by atoms with van der Waals surface area (Å²) >= 11 is 0. The first-order valence-corrected chi connectivity index (χ1v) is 6.92. The van der Waals surface area contributed by atoms with Crippen LogP contribution in [0.25, 0.3) is 0 Å². The predicted octanol–water partition coefficient (Wildman–Crippen LogP) is 2.52. The number of esters is 1. The fraction of sp³-hybridized carbons (Fsp3) is 0.929. The number of hydrogen-bond acceptors (Lipinski definition) is 3. The van der Waals surface area contributed by atoms with E-state index >= 15 is 0 Å². The quantitative estimate of drug-likeness (QED) is 0.771. The summed E-state index contributed by atoms with van der Waals surface area (Å²) in [6, 6.07) is 0. The lowest BCUT2D eigenvalue weighted by Gasteiger charge is -2.52. The predicted molar refractivity (Wildman–Crippen MR) is 65.4 cm³/mol. The summed E-state index contributed by atoms with van der Waals surface area (Å²) in [7, 11) is 0. The van der Waals surface area contributed by atoms with E-state index in [1.165, 1.54) is 26.2 Å². The SMILES string of the molecule is CCC1(OC(C)=O)C(CO)CC2CCCC1C2. The molecule has 2 fully saturated rings. The third kappa shape index (κ3) is 2.22. The Morgan fingerprint density at radius 1 is 1.41 bits per heavy atom. The smallest absolute Gasteiger partial charge is 0.303 e. The highest BCUT2D eigenvalue weighted by Crippen LogP contribution is 2.51. The van der Waals surface area contributed by atoms with Crippen molar-refractivity contribution in [2.24, 2.45) is 17.8 Å². The maximum absolute atomic E-state index is 11.4. The molecule has 0 spiro atoms. The van der Waals surface area contributed by atoms with E-state index in [0.717, 1.165) is 25.2 Å². The Bertz CT molecular complexity index is 285. The molecule has 0 saturated heterocycles. The van der Waals surface area contributed by atoms with Crippen LogP contribution in [0.15, 0.2) is 0 Å². The first-order chi connectivity index (χ1) is 8.12. The molecular weight excluding hydrogens is 216 g/mol. The van der Waals surface area contributed by atoms with Crippen LogP contribution < -0.4 is 0 Å². The van der Waals surface area contributed by atoms with Gasteiger partial charge in [-0.2, -0.15) is 0 Å². The molecule has 17 heavy (non-hydrogen) atoms. The monoisotopic (exact) mass is 240 g/mol. The average Bonchev–Trinajstić information content (AvgIpc) is 2.32. The van der Waals surface area contributed by atoms with Gasteiger partial charge in [0.1, 0.15) is 5.60 Å². The topological polar surface area (TPSA) is 46.5 Å². The first-order valence-electron chi connectivity index (χ1n) is 6.92. The molecule has 2 saturated carbocycles. The molecule has 2 aliphatic carbocycles. The number of aliphatic hydroxyl groups is 1. The second-order valence-electron chi connectivity index (χ2n) is 5.75. The molecule has 2 bridgehead atoms. The first kappa shape index (κ1) is 12.9. The Balaban J connectivity index is 2.26. The number of hydrogen-bond donors (Lipinski definition) is 1. The molecule has 0 amide bonds. The zero-order valence-electron chi connectivity index (χ0n) is 10.9. The molecule has 4 atom stereocenters. The van der Waals surface area contributed by atoms with Crippen molar-refractivity contribution >= 4 is 5.97 Å².